The Kier molecular flexibility index (Phi) is 9.29. The summed E-state index contributed by atoms with van der Waals surface area (Å²) in [5, 5.41) is 4.35. The van der Waals surface area contributed by atoms with Gasteiger partial charge in [-0.1, -0.05) is 6.07 Å². The largest absolute Gasteiger partial charge is 0.494 e. The molecule has 3 heterocycles. The number of nitrogens with zero attached hydrogens (tertiary/aromatic N) is 3. The van der Waals surface area contributed by atoms with Gasteiger partial charge in [-0.25, -0.2) is 4.57 Å². The summed E-state index contributed by atoms with van der Waals surface area (Å²) >= 11 is 1.80. The van der Waals surface area contributed by atoms with E-state index in [0.717, 1.165) is 51.0 Å². The number of Topliss-reactive ketones (excluding diaryl/α,β-unsaturated/α-hetero) is 1. The molecule has 0 amide bonds. The molecule has 0 aliphatic carbocycles. The van der Waals surface area contributed by atoms with Crippen LogP contribution in [0.5, 0.6) is 5.75 Å². The first-order valence-electron chi connectivity index (χ1n) is 14.2. The number of ketones is 1. The summed E-state index contributed by atoms with van der Waals surface area (Å²) in [6, 6.07) is 17.6. The maximum absolute atomic E-state index is 12.9. The lowest BCUT2D eigenvalue weighted by molar-refractivity contribution is -0.117. The quantitative estimate of drug-likeness (QED) is 0.199. The number of pyridine rings is 1. The fourth-order valence-corrected chi connectivity index (χ4v) is 6.22. The van der Waals surface area contributed by atoms with E-state index < -0.39 is 0 Å². The van der Waals surface area contributed by atoms with Crippen molar-refractivity contribution >= 4 is 49.7 Å². The van der Waals surface area contributed by atoms with Crippen molar-refractivity contribution in [1.29, 1.82) is 0 Å². The van der Waals surface area contributed by atoms with Crippen molar-refractivity contribution in [1.82, 2.24) is 9.47 Å². The first-order chi connectivity index (χ1) is 19.5. The van der Waals surface area contributed by atoms with Gasteiger partial charge in [0.05, 0.1) is 12.1 Å². The summed E-state index contributed by atoms with van der Waals surface area (Å²) in [7, 11) is 0. The highest BCUT2D eigenvalue weighted by Gasteiger charge is 2.18. The van der Waals surface area contributed by atoms with Crippen molar-refractivity contribution in [2.24, 2.45) is 0 Å². The van der Waals surface area contributed by atoms with Crippen LogP contribution < -0.4 is 15.2 Å². The molecule has 1 aliphatic heterocycles. The van der Waals surface area contributed by atoms with Crippen LogP contribution in [0.1, 0.15) is 50.2 Å². The summed E-state index contributed by atoms with van der Waals surface area (Å²) in [5.74, 6) is 0.526. The Morgan fingerprint density at radius 1 is 0.900 bits per heavy atom. The summed E-state index contributed by atoms with van der Waals surface area (Å²) < 4.78 is 8.62. The smallest absolute Gasteiger partial charge is 0.257 e. The first kappa shape index (κ1) is 28.1. The number of piperazine rings is 1. The first-order valence-corrected chi connectivity index (χ1v) is 15.1. The van der Waals surface area contributed by atoms with Crippen LogP contribution in [0, 0.1) is 0 Å². The molecule has 2 aromatic carbocycles. The number of aromatic nitrogens is 1. The van der Waals surface area contributed by atoms with Crippen LogP contribution in [-0.2, 0) is 4.79 Å². The van der Waals surface area contributed by atoms with Crippen LogP contribution in [0.3, 0.4) is 0 Å². The lowest BCUT2D eigenvalue weighted by atomic mass is 10.1. The zero-order valence-electron chi connectivity index (χ0n) is 23.1. The Bertz CT molecular complexity index is 1530. The van der Waals surface area contributed by atoms with Gasteiger partial charge in [0.2, 0.25) is 5.91 Å². The molecule has 0 unspecified atom stereocenters. The van der Waals surface area contributed by atoms with E-state index in [1.54, 1.807) is 30.4 Å². The van der Waals surface area contributed by atoms with Crippen LogP contribution in [0.25, 0.3) is 21.0 Å². The fraction of sp³-hybridized carbons (Fsp3) is 0.406. The number of carbonyl (C=O) groups is 2. The minimum Gasteiger partial charge on any atom is -0.494 e. The maximum atomic E-state index is 12.9. The van der Waals surface area contributed by atoms with E-state index in [1.807, 2.05) is 12.1 Å². The second-order valence-electron chi connectivity index (χ2n) is 10.5. The minimum absolute atomic E-state index is 0.113. The van der Waals surface area contributed by atoms with Gasteiger partial charge in [-0.3, -0.25) is 14.5 Å². The molecule has 0 spiro atoms. The predicted octanol–water partition coefficient (Wildman–Crippen LogP) is 5.99. The van der Waals surface area contributed by atoms with E-state index in [0.29, 0.717) is 37.1 Å². The zero-order valence-corrected chi connectivity index (χ0v) is 24.0. The molecule has 5 rings (SSSR count). The van der Waals surface area contributed by atoms with E-state index >= 15 is 0 Å². The van der Waals surface area contributed by atoms with E-state index in [-0.39, 0.29) is 23.7 Å². The number of hydrogen-bond acceptors (Lipinski definition) is 7. The third-order valence-corrected chi connectivity index (χ3v) is 8.49. The molecule has 0 atom stereocenters. The molecule has 1 aliphatic rings. The van der Waals surface area contributed by atoms with E-state index in [2.05, 4.69) is 39.4 Å². The number of rotatable bonds is 12. The molecule has 0 bridgehead atoms. The molecule has 4 aromatic rings. The number of anilines is 1. The molecule has 0 radical (unpaired) electrons. The topological polar surface area (TPSA) is 71.8 Å². The number of benzene rings is 2. The summed E-state index contributed by atoms with van der Waals surface area (Å²) in [4.78, 5) is 41.6. The van der Waals surface area contributed by atoms with Crippen LogP contribution >= 0.6 is 11.3 Å². The van der Waals surface area contributed by atoms with E-state index in [4.69, 9.17) is 4.74 Å². The number of thiophene rings is 1. The Balaban J connectivity index is 1.09. The van der Waals surface area contributed by atoms with Gasteiger partial charge in [-0.2, -0.15) is 0 Å². The molecule has 2 aromatic heterocycles. The number of unbranched alkanes of at least 4 members (excludes halogenated alkanes) is 2. The maximum Gasteiger partial charge on any atom is 0.257 e. The molecule has 7 nitrogen and oxygen atoms in total. The standard InChI is InChI=1S/C32H37N3O4S/c1-24(36)7-2-3-10-31(37)35-29-23-26(13-11-25(29)12-14-32(35)38)39-21-5-4-16-33-17-19-34(20-18-33)28-8-6-9-30-27(28)15-22-40-30/h6,8-9,11-15,22-23H,2-5,7,10,16-21H2,1H3. The van der Waals surface area contributed by atoms with Gasteiger partial charge in [0, 0.05) is 66.9 Å². The van der Waals surface area contributed by atoms with Gasteiger partial charge in [0.1, 0.15) is 11.5 Å². The van der Waals surface area contributed by atoms with E-state index in [9.17, 15) is 14.4 Å². The number of fused-ring (bicyclic) bond motifs is 2. The van der Waals surface area contributed by atoms with Gasteiger partial charge >= 0.3 is 0 Å². The molecule has 0 saturated carbocycles. The molecule has 8 heteroatoms. The van der Waals surface area contributed by atoms with Gasteiger partial charge < -0.3 is 14.4 Å². The average Bonchev–Trinajstić information content (AvgIpc) is 3.44. The molecule has 1 saturated heterocycles. The highest BCUT2D eigenvalue weighted by molar-refractivity contribution is 7.17. The van der Waals surface area contributed by atoms with Gasteiger partial charge in [-0.05, 0) is 86.3 Å². The number of ether oxygens (including phenoxy) is 1. The van der Waals surface area contributed by atoms with Crippen molar-refractivity contribution in [2.75, 3.05) is 44.2 Å². The molecule has 40 heavy (non-hydrogen) atoms. The Hall–Kier alpha value is -3.49. The van der Waals surface area contributed by atoms with E-state index in [1.165, 1.54) is 26.4 Å². The Labute approximate surface area is 239 Å². The van der Waals surface area contributed by atoms with Crippen LogP contribution in [0.2, 0.25) is 0 Å². The van der Waals surface area contributed by atoms with Crippen LogP contribution in [-0.4, -0.2) is 60.5 Å². The zero-order chi connectivity index (χ0) is 27.9. The predicted molar refractivity (Wildman–Crippen MR) is 163 cm³/mol. The van der Waals surface area contributed by atoms with Crippen molar-refractivity contribution < 1.29 is 14.3 Å². The van der Waals surface area contributed by atoms with Gasteiger partial charge in [-0.15, -0.1) is 11.3 Å². The summed E-state index contributed by atoms with van der Waals surface area (Å²) in [5.41, 5.74) is 1.58. The highest BCUT2D eigenvalue weighted by Crippen LogP contribution is 2.31. The molecule has 1 fully saturated rings. The summed E-state index contributed by atoms with van der Waals surface area (Å²) in [6.45, 7) is 7.39. The fourth-order valence-electron chi connectivity index (χ4n) is 5.42. The van der Waals surface area contributed by atoms with Gasteiger partial charge in [0.25, 0.3) is 5.56 Å². The van der Waals surface area contributed by atoms with Crippen molar-refractivity contribution in [3.63, 3.8) is 0 Å². The minimum atomic E-state index is -0.340. The SMILES string of the molecule is CC(=O)CCCCC(=O)n1c(=O)ccc2ccc(OCCCCN3CCN(c4cccc5sccc45)CC3)cc21. The third-order valence-electron chi connectivity index (χ3n) is 7.61. The van der Waals surface area contributed by atoms with Crippen molar-refractivity contribution in [3.8, 4) is 5.75 Å². The average molecular weight is 560 g/mol. The lowest BCUT2D eigenvalue weighted by Gasteiger charge is -2.36. The Morgan fingerprint density at radius 2 is 1.70 bits per heavy atom. The lowest BCUT2D eigenvalue weighted by Crippen LogP contribution is -2.46. The number of hydrogen-bond donors (Lipinski definition) is 0. The normalized spacial score (nSPS) is 14.2. The monoisotopic (exact) mass is 559 g/mol. The molecular weight excluding hydrogens is 522 g/mol. The number of carbonyl (C=O) groups excluding carboxylic acids is 2. The molecule has 210 valence electrons. The summed E-state index contributed by atoms with van der Waals surface area (Å²) in [6.07, 6.45) is 3.90. The molecule has 0 N–H and O–H groups in total. The third kappa shape index (κ3) is 6.80. The Morgan fingerprint density at radius 3 is 2.52 bits per heavy atom. The van der Waals surface area contributed by atoms with Crippen LogP contribution in [0.15, 0.2) is 64.8 Å². The van der Waals surface area contributed by atoms with Crippen LogP contribution in [0.4, 0.5) is 5.69 Å². The second-order valence-corrected chi connectivity index (χ2v) is 11.5. The van der Waals surface area contributed by atoms with Crippen molar-refractivity contribution in [3.05, 3.63) is 70.3 Å². The highest BCUT2D eigenvalue weighted by atomic mass is 32.1. The van der Waals surface area contributed by atoms with Gasteiger partial charge in [0.15, 0.2) is 0 Å². The second kappa shape index (κ2) is 13.2. The molecular formula is C32H37N3O4S. The van der Waals surface area contributed by atoms with Crippen molar-refractivity contribution in [2.45, 2.75) is 45.4 Å².